The van der Waals surface area contributed by atoms with Crippen molar-refractivity contribution in [2.24, 2.45) is 0 Å². The number of ether oxygens (including phenoxy) is 1. The fourth-order valence-electron chi connectivity index (χ4n) is 3.62. The predicted octanol–water partition coefficient (Wildman–Crippen LogP) is 4.47. The number of halogens is 1. The number of hydrogen-bond acceptors (Lipinski definition) is 5. The van der Waals surface area contributed by atoms with E-state index in [1.807, 2.05) is 0 Å². The summed E-state index contributed by atoms with van der Waals surface area (Å²) in [5, 5.41) is 11.8. The first-order chi connectivity index (χ1) is 13.6. The van der Waals surface area contributed by atoms with E-state index in [1.54, 1.807) is 42.6 Å². The van der Waals surface area contributed by atoms with Gasteiger partial charge in [0.15, 0.2) is 0 Å². The van der Waals surface area contributed by atoms with E-state index in [-0.39, 0.29) is 22.5 Å². The molecule has 3 aromatic rings. The van der Waals surface area contributed by atoms with Crippen molar-refractivity contribution in [2.45, 2.75) is 25.6 Å². The Balaban J connectivity index is 1.43. The Morgan fingerprint density at radius 1 is 1.14 bits per heavy atom. The van der Waals surface area contributed by atoms with Crippen molar-refractivity contribution >= 4 is 22.3 Å². The Morgan fingerprint density at radius 2 is 1.89 bits per heavy atom. The molecule has 0 bridgehead atoms. The summed E-state index contributed by atoms with van der Waals surface area (Å²) in [6.07, 6.45) is 3.51. The molecule has 0 spiro atoms. The van der Waals surface area contributed by atoms with Crippen molar-refractivity contribution in [1.29, 1.82) is 0 Å². The van der Waals surface area contributed by atoms with Crippen LogP contribution < -0.4 is 4.90 Å². The second-order valence-corrected chi connectivity index (χ2v) is 6.88. The third kappa shape index (κ3) is 3.80. The van der Waals surface area contributed by atoms with E-state index in [9.17, 15) is 14.5 Å². The normalized spacial score (nSPS) is 15.1. The number of non-ortho nitro benzene ring substituents is 1. The van der Waals surface area contributed by atoms with Gasteiger partial charge in [0.05, 0.1) is 28.7 Å². The highest BCUT2D eigenvalue weighted by Gasteiger charge is 2.23. The van der Waals surface area contributed by atoms with Gasteiger partial charge in [0.2, 0.25) is 0 Å². The highest BCUT2D eigenvalue weighted by atomic mass is 19.1. The number of aromatic nitrogens is 1. The van der Waals surface area contributed by atoms with Crippen LogP contribution in [0.15, 0.2) is 54.7 Å². The lowest BCUT2D eigenvalue weighted by molar-refractivity contribution is -0.383. The minimum absolute atomic E-state index is 0.0735. The lowest BCUT2D eigenvalue weighted by atomic mass is 10.0. The maximum Gasteiger partial charge on any atom is 0.278 e. The minimum Gasteiger partial charge on any atom is -0.373 e. The lowest BCUT2D eigenvalue weighted by Gasteiger charge is -2.33. The summed E-state index contributed by atoms with van der Waals surface area (Å²) in [7, 11) is 0. The highest BCUT2D eigenvalue weighted by molar-refractivity contribution is 5.97. The average Bonchev–Trinajstić information content (AvgIpc) is 2.73. The Hall–Kier alpha value is -3.06. The van der Waals surface area contributed by atoms with E-state index in [4.69, 9.17) is 4.74 Å². The Morgan fingerprint density at radius 3 is 2.61 bits per heavy atom. The topological polar surface area (TPSA) is 68.5 Å². The van der Waals surface area contributed by atoms with Gasteiger partial charge >= 0.3 is 0 Å². The van der Waals surface area contributed by atoms with Gasteiger partial charge in [-0.2, -0.15) is 0 Å². The molecule has 0 atom stereocenters. The van der Waals surface area contributed by atoms with E-state index >= 15 is 0 Å². The minimum atomic E-state index is -0.372. The van der Waals surface area contributed by atoms with Crippen molar-refractivity contribution < 1.29 is 14.1 Å². The molecule has 2 aromatic carbocycles. The Bertz CT molecular complexity index is 986. The van der Waals surface area contributed by atoms with Gasteiger partial charge in [0.25, 0.3) is 5.69 Å². The zero-order chi connectivity index (χ0) is 19.5. The number of benzene rings is 2. The molecule has 0 radical (unpaired) electrons. The van der Waals surface area contributed by atoms with E-state index in [1.165, 1.54) is 12.1 Å². The SMILES string of the molecule is O=[N+]([O-])c1ccc(N2CCC(OCc3ccc(F)cc3)CC2)c2ncccc12. The molecule has 144 valence electrons. The molecule has 4 rings (SSSR count). The van der Waals surface area contributed by atoms with Crippen molar-refractivity contribution in [1.82, 2.24) is 4.98 Å². The maximum absolute atomic E-state index is 13.0. The molecule has 1 aliphatic rings. The molecule has 0 unspecified atom stereocenters. The summed E-state index contributed by atoms with van der Waals surface area (Å²) in [6.45, 7) is 2.04. The fraction of sp³-hybridized carbons (Fsp3) is 0.286. The number of anilines is 1. The van der Waals surface area contributed by atoms with E-state index in [0.29, 0.717) is 17.5 Å². The molecular weight excluding hydrogens is 361 g/mol. The molecule has 0 saturated carbocycles. The number of piperidine rings is 1. The quantitative estimate of drug-likeness (QED) is 0.482. The molecule has 6 nitrogen and oxygen atoms in total. The number of fused-ring (bicyclic) bond motifs is 1. The van der Waals surface area contributed by atoms with Gasteiger partial charge in [-0.25, -0.2) is 4.39 Å². The largest absolute Gasteiger partial charge is 0.373 e. The van der Waals surface area contributed by atoms with Gasteiger partial charge in [-0.1, -0.05) is 12.1 Å². The van der Waals surface area contributed by atoms with Crippen LogP contribution in [0.3, 0.4) is 0 Å². The van der Waals surface area contributed by atoms with Crippen LogP contribution in [0.2, 0.25) is 0 Å². The molecular formula is C21H20FN3O3. The van der Waals surface area contributed by atoms with Crippen molar-refractivity contribution in [2.75, 3.05) is 18.0 Å². The zero-order valence-corrected chi connectivity index (χ0v) is 15.3. The van der Waals surface area contributed by atoms with E-state index in [2.05, 4.69) is 9.88 Å². The van der Waals surface area contributed by atoms with Crippen LogP contribution in [-0.4, -0.2) is 29.1 Å². The summed E-state index contributed by atoms with van der Waals surface area (Å²) in [5.74, 6) is -0.249. The van der Waals surface area contributed by atoms with Crippen molar-refractivity contribution in [3.05, 3.63) is 76.2 Å². The monoisotopic (exact) mass is 381 g/mol. The number of rotatable bonds is 5. The standard InChI is InChI=1S/C21H20FN3O3/c22-16-5-3-15(4-6-16)14-28-17-9-12-24(13-10-17)20-8-7-19(25(26)27)18-2-1-11-23-21(18)20/h1-8,11,17H,9-10,12-14H2. The number of nitrogens with zero attached hydrogens (tertiary/aromatic N) is 3. The highest BCUT2D eigenvalue weighted by Crippen LogP contribution is 2.33. The molecule has 28 heavy (non-hydrogen) atoms. The number of nitro groups is 1. The molecule has 1 aliphatic heterocycles. The smallest absolute Gasteiger partial charge is 0.278 e. The molecule has 1 aromatic heterocycles. The summed E-state index contributed by atoms with van der Waals surface area (Å²) < 4.78 is 19.0. The average molecular weight is 381 g/mol. The van der Waals surface area contributed by atoms with Gasteiger partial charge in [0, 0.05) is 25.4 Å². The maximum atomic E-state index is 13.0. The summed E-state index contributed by atoms with van der Waals surface area (Å²) in [6, 6.07) is 13.1. The fourth-order valence-corrected chi connectivity index (χ4v) is 3.62. The van der Waals surface area contributed by atoms with Crippen LogP contribution in [0.4, 0.5) is 15.8 Å². The van der Waals surface area contributed by atoms with Crippen molar-refractivity contribution in [3.8, 4) is 0 Å². The van der Waals surface area contributed by atoms with Crippen LogP contribution in [0.5, 0.6) is 0 Å². The lowest BCUT2D eigenvalue weighted by Crippen LogP contribution is -2.37. The molecule has 1 saturated heterocycles. The second kappa shape index (κ2) is 7.90. The van der Waals surface area contributed by atoms with Crippen LogP contribution >= 0.6 is 0 Å². The summed E-state index contributed by atoms with van der Waals surface area (Å²) >= 11 is 0. The van der Waals surface area contributed by atoms with Crippen LogP contribution in [0.25, 0.3) is 10.9 Å². The molecule has 0 aliphatic carbocycles. The zero-order valence-electron chi connectivity index (χ0n) is 15.3. The van der Waals surface area contributed by atoms with Gasteiger partial charge in [-0.05, 0) is 48.7 Å². The van der Waals surface area contributed by atoms with Gasteiger partial charge in [-0.3, -0.25) is 15.1 Å². The molecule has 0 N–H and O–H groups in total. The third-order valence-electron chi connectivity index (χ3n) is 5.10. The van der Waals surface area contributed by atoms with E-state index in [0.717, 1.165) is 37.2 Å². The van der Waals surface area contributed by atoms with E-state index < -0.39 is 0 Å². The number of nitro benzene ring substituents is 1. The van der Waals surface area contributed by atoms with Crippen LogP contribution in [0.1, 0.15) is 18.4 Å². The first kappa shape index (κ1) is 18.3. The second-order valence-electron chi connectivity index (χ2n) is 6.88. The molecule has 7 heteroatoms. The first-order valence-electron chi connectivity index (χ1n) is 9.25. The summed E-state index contributed by atoms with van der Waals surface area (Å²) in [4.78, 5) is 17.5. The summed E-state index contributed by atoms with van der Waals surface area (Å²) in [5.41, 5.74) is 2.60. The van der Waals surface area contributed by atoms with Crippen LogP contribution in [0, 0.1) is 15.9 Å². The molecule has 0 amide bonds. The van der Waals surface area contributed by atoms with Crippen LogP contribution in [-0.2, 0) is 11.3 Å². The molecule has 2 heterocycles. The third-order valence-corrected chi connectivity index (χ3v) is 5.10. The van der Waals surface area contributed by atoms with Crippen molar-refractivity contribution in [3.63, 3.8) is 0 Å². The first-order valence-corrected chi connectivity index (χ1v) is 9.25. The molecule has 1 fully saturated rings. The number of hydrogen-bond donors (Lipinski definition) is 0. The van der Waals surface area contributed by atoms with Gasteiger partial charge in [0.1, 0.15) is 11.3 Å². The Kier molecular flexibility index (Phi) is 5.16. The predicted molar refractivity (Wildman–Crippen MR) is 105 cm³/mol. The number of pyridine rings is 1. The van der Waals surface area contributed by atoms with Gasteiger partial charge < -0.3 is 9.64 Å². The Labute approximate surface area is 161 Å². The van der Waals surface area contributed by atoms with Gasteiger partial charge in [-0.15, -0.1) is 0 Å².